The molecule has 1 saturated heterocycles. The van der Waals surface area contributed by atoms with E-state index in [0.29, 0.717) is 13.1 Å². The summed E-state index contributed by atoms with van der Waals surface area (Å²) in [6, 6.07) is 0. The van der Waals surface area contributed by atoms with Crippen LogP contribution in [-0.2, 0) is 16.6 Å². The van der Waals surface area contributed by atoms with Gasteiger partial charge in [-0.15, -0.1) is 10.2 Å². The van der Waals surface area contributed by atoms with Gasteiger partial charge >= 0.3 is 5.97 Å². The highest BCUT2D eigenvalue weighted by atomic mass is 16.4. The van der Waals surface area contributed by atoms with Crippen molar-refractivity contribution >= 4 is 11.9 Å². The minimum atomic E-state index is -0.841. The molecule has 5 unspecified atom stereocenters. The number of carbonyl (C=O) groups excluding carboxylic acids is 1. The predicted octanol–water partition coefficient (Wildman–Crippen LogP) is 1.04. The molecule has 1 aliphatic heterocycles. The van der Waals surface area contributed by atoms with Crippen LogP contribution in [0.4, 0.5) is 0 Å². The Morgan fingerprint density at radius 2 is 2.00 bits per heavy atom. The molecule has 0 spiro atoms. The fourth-order valence-corrected chi connectivity index (χ4v) is 4.76. The molecule has 0 aromatic carbocycles. The van der Waals surface area contributed by atoms with E-state index in [2.05, 4.69) is 10.2 Å². The van der Waals surface area contributed by atoms with Crippen molar-refractivity contribution in [3.05, 3.63) is 24.3 Å². The second-order valence-electron chi connectivity index (χ2n) is 7.26. The lowest BCUT2D eigenvalue weighted by Gasteiger charge is -2.36. The number of nitrogens with zero attached hydrogens (tertiary/aromatic N) is 4. The van der Waals surface area contributed by atoms with Gasteiger partial charge < -0.3 is 14.6 Å². The van der Waals surface area contributed by atoms with Gasteiger partial charge in [0.1, 0.15) is 12.2 Å². The van der Waals surface area contributed by atoms with Crippen molar-refractivity contribution in [2.24, 2.45) is 30.7 Å². The lowest BCUT2D eigenvalue weighted by atomic mass is 9.81. The number of carboxylic acid groups (broad SMARTS) is 1. The molecule has 2 aliphatic carbocycles. The first kappa shape index (κ1) is 15.4. The first-order valence-corrected chi connectivity index (χ1v) is 8.60. The Morgan fingerprint density at radius 1 is 1.25 bits per heavy atom. The van der Waals surface area contributed by atoms with Gasteiger partial charge in [0, 0.05) is 26.1 Å². The maximum absolute atomic E-state index is 13.1. The second kappa shape index (κ2) is 5.72. The number of carbonyl (C=O) groups is 2. The minimum absolute atomic E-state index is 0.00567. The number of hydrogen-bond donors (Lipinski definition) is 1. The average Bonchev–Trinajstić information content (AvgIpc) is 3.29. The molecular weight excluding hydrogens is 308 g/mol. The zero-order chi connectivity index (χ0) is 16.8. The minimum Gasteiger partial charge on any atom is -0.481 e. The van der Waals surface area contributed by atoms with Crippen LogP contribution in [0.3, 0.4) is 0 Å². The van der Waals surface area contributed by atoms with Crippen molar-refractivity contribution in [3.63, 3.8) is 0 Å². The van der Waals surface area contributed by atoms with Crippen LogP contribution in [-0.4, -0.2) is 49.7 Å². The van der Waals surface area contributed by atoms with Crippen LogP contribution >= 0.6 is 0 Å². The summed E-state index contributed by atoms with van der Waals surface area (Å²) in [5, 5.41) is 17.7. The van der Waals surface area contributed by atoms with Gasteiger partial charge in [0.2, 0.25) is 5.91 Å². The van der Waals surface area contributed by atoms with Gasteiger partial charge in [-0.1, -0.05) is 12.2 Å². The van der Waals surface area contributed by atoms with Crippen LogP contribution in [0.2, 0.25) is 0 Å². The molecule has 7 nitrogen and oxygen atoms in total. The van der Waals surface area contributed by atoms with Crippen molar-refractivity contribution in [1.82, 2.24) is 19.7 Å². The van der Waals surface area contributed by atoms with Crippen LogP contribution in [0, 0.1) is 23.7 Å². The molecule has 1 N–H and O–H groups in total. The molecule has 7 heteroatoms. The molecule has 0 radical (unpaired) electrons. The summed E-state index contributed by atoms with van der Waals surface area (Å²) in [5.74, 6) is -0.640. The van der Waals surface area contributed by atoms with E-state index in [1.807, 2.05) is 28.7 Å². The van der Waals surface area contributed by atoms with Crippen LogP contribution in [0.1, 0.15) is 31.0 Å². The van der Waals surface area contributed by atoms with Gasteiger partial charge in [-0.3, -0.25) is 9.59 Å². The smallest absolute Gasteiger partial charge is 0.307 e. The number of carboxylic acids is 1. The van der Waals surface area contributed by atoms with E-state index < -0.39 is 17.8 Å². The summed E-state index contributed by atoms with van der Waals surface area (Å²) >= 11 is 0. The normalized spacial score (nSPS) is 34.7. The highest BCUT2D eigenvalue weighted by Gasteiger charge is 2.52. The lowest BCUT2D eigenvalue weighted by Crippen LogP contribution is -2.46. The van der Waals surface area contributed by atoms with Crippen LogP contribution in [0.15, 0.2) is 18.5 Å². The predicted molar refractivity (Wildman–Crippen MR) is 84.9 cm³/mol. The van der Waals surface area contributed by atoms with E-state index in [-0.39, 0.29) is 23.7 Å². The Labute approximate surface area is 140 Å². The number of allylic oxidation sites excluding steroid dienone is 2. The molecule has 24 heavy (non-hydrogen) atoms. The molecular formula is C17H22N4O3. The number of amides is 1. The Hall–Kier alpha value is -2.18. The van der Waals surface area contributed by atoms with Crippen molar-refractivity contribution < 1.29 is 14.7 Å². The van der Waals surface area contributed by atoms with Gasteiger partial charge in [0.25, 0.3) is 0 Å². The molecule has 1 saturated carbocycles. The number of hydrogen-bond acceptors (Lipinski definition) is 4. The zero-order valence-corrected chi connectivity index (χ0v) is 13.7. The fourth-order valence-electron chi connectivity index (χ4n) is 4.76. The number of aromatic nitrogens is 3. The Kier molecular flexibility index (Phi) is 3.66. The van der Waals surface area contributed by atoms with Crippen LogP contribution < -0.4 is 0 Å². The lowest BCUT2D eigenvalue weighted by molar-refractivity contribution is -0.151. The average molecular weight is 330 g/mol. The largest absolute Gasteiger partial charge is 0.481 e. The first-order chi connectivity index (χ1) is 11.6. The van der Waals surface area contributed by atoms with Crippen molar-refractivity contribution in [2.75, 3.05) is 13.1 Å². The Morgan fingerprint density at radius 3 is 2.67 bits per heavy atom. The SMILES string of the molecule is Cn1cnnc1C1CCCN(C(=O)C2C3C=CC(C3)C2C(=O)O)C1. The number of aryl methyl sites for hydroxylation is 1. The Bertz CT molecular complexity index is 698. The highest BCUT2D eigenvalue weighted by molar-refractivity contribution is 5.87. The third-order valence-electron chi connectivity index (χ3n) is 5.87. The molecule has 4 rings (SSSR count). The summed E-state index contributed by atoms with van der Waals surface area (Å²) in [4.78, 5) is 26.6. The molecule has 2 heterocycles. The van der Waals surface area contributed by atoms with Crippen molar-refractivity contribution in [2.45, 2.75) is 25.2 Å². The molecule has 2 fully saturated rings. The molecule has 1 amide bonds. The van der Waals surface area contributed by atoms with Gasteiger partial charge in [0.15, 0.2) is 0 Å². The Balaban J connectivity index is 1.53. The molecule has 1 aromatic rings. The van der Waals surface area contributed by atoms with Crippen LogP contribution in [0.5, 0.6) is 0 Å². The standard InChI is InChI=1S/C17H22N4O3/c1-20-9-18-19-15(20)12-3-2-6-21(8-12)16(22)13-10-4-5-11(7-10)14(13)17(23)24/h4-5,9-14H,2-3,6-8H2,1H3,(H,23,24). The van der Waals surface area contributed by atoms with Gasteiger partial charge in [-0.25, -0.2) is 0 Å². The van der Waals surface area contributed by atoms with Crippen molar-refractivity contribution in [3.8, 4) is 0 Å². The molecule has 128 valence electrons. The zero-order valence-electron chi connectivity index (χ0n) is 13.7. The maximum atomic E-state index is 13.1. The summed E-state index contributed by atoms with van der Waals surface area (Å²) in [6.45, 7) is 1.31. The molecule has 5 atom stereocenters. The quantitative estimate of drug-likeness (QED) is 0.837. The second-order valence-corrected chi connectivity index (χ2v) is 7.26. The number of rotatable bonds is 3. The first-order valence-electron chi connectivity index (χ1n) is 8.60. The number of fused-ring (bicyclic) bond motifs is 2. The summed E-state index contributed by atoms with van der Waals surface area (Å²) in [6.07, 6.45) is 8.39. The van der Waals surface area contributed by atoms with Crippen LogP contribution in [0.25, 0.3) is 0 Å². The third-order valence-corrected chi connectivity index (χ3v) is 5.87. The number of likely N-dealkylation sites (tertiary alicyclic amines) is 1. The number of aliphatic carboxylic acids is 1. The van der Waals surface area contributed by atoms with E-state index in [4.69, 9.17) is 0 Å². The summed E-state index contributed by atoms with van der Waals surface area (Å²) < 4.78 is 1.90. The molecule has 2 bridgehead atoms. The van der Waals surface area contributed by atoms with E-state index in [9.17, 15) is 14.7 Å². The monoisotopic (exact) mass is 330 g/mol. The van der Waals surface area contributed by atoms with Gasteiger partial charge in [-0.2, -0.15) is 0 Å². The topological polar surface area (TPSA) is 88.3 Å². The molecule has 3 aliphatic rings. The van der Waals surface area contributed by atoms with E-state index in [1.165, 1.54) is 0 Å². The van der Waals surface area contributed by atoms with E-state index in [0.717, 1.165) is 25.1 Å². The van der Waals surface area contributed by atoms with Gasteiger partial charge in [0.05, 0.1) is 11.8 Å². The fraction of sp³-hybridized carbons (Fsp3) is 0.647. The van der Waals surface area contributed by atoms with E-state index >= 15 is 0 Å². The highest BCUT2D eigenvalue weighted by Crippen LogP contribution is 2.49. The van der Waals surface area contributed by atoms with Crippen molar-refractivity contribution in [1.29, 1.82) is 0 Å². The summed E-state index contributed by atoms with van der Waals surface area (Å²) in [7, 11) is 1.91. The summed E-state index contributed by atoms with van der Waals surface area (Å²) in [5.41, 5.74) is 0. The number of piperidine rings is 1. The van der Waals surface area contributed by atoms with Gasteiger partial charge in [-0.05, 0) is 31.1 Å². The third kappa shape index (κ3) is 2.34. The molecule has 1 aromatic heterocycles. The maximum Gasteiger partial charge on any atom is 0.307 e. The van der Waals surface area contributed by atoms with E-state index in [1.54, 1.807) is 6.33 Å².